The van der Waals surface area contributed by atoms with Crippen LogP contribution in [-0.4, -0.2) is 68.4 Å². The van der Waals surface area contributed by atoms with Gasteiger partial charge in [0.2, 0.25) is 12.7 Å². The van der Waals surface area contributed by atoms with E-state index in [9.17, 15) is 4.79 Å². The summed E-state index contributed by atoms with van der Waals surface area (Å²) in [5.74, 6) is 3.04. The van der Waals surface area contributed by atoms with Gasteiger partial charge in [-0.1, -0.05) is 6.07 Å². The van der Waals surface area contributed by atoms with Crippen molar-refractivity contribution in [3.63, 3.8) is 0 Å². The van der Waals surface area contributed by atoms with Crippen molar-refractivity contribution in [2.24, 2.45) is 0 Å². The smallest absolute Gasteiger partial charge is 0.238 e. The number of benzene rings is 2. The van der Waals surface area contributed by atoms with Gasteiger partial charge in [-0.25, -0.2) is 0 Å². The van der Waals surface area contributed by atoms with E-state index >= 15 is 0 Å². The summed E-state index contributed by atoms with van der Waals surface area (Å²) in [5, 5.41) is 2.98. The highest BCUT2D eigenvalue weighted by Crippen LogP contribution is 2.33. The van der Waals surface area contributed by atoms with E-state index in [0.29, 0.717) is 32.3 Å². The lowest BCUT2D eigenvalue weighted by Crippen LogP contribution is -2.48. The molecular weight excluding hydrogens is 398 g/mol. The number of hydrogen-bond donors (Lipinski definition) is 1. The van der Waals surface area contributed by atoms with Crippen LogP contribution < -0.4 is 24.3 Å². The van der Waals surface area contributed by atoms with Crippen LogP contribution in [0.2, 0.25) is 0 Å². The van der Waals surface area contributed by atoms with Crippen molar-refractivity contribution in [1.29, 1.82) is 0 Å². The summed E-state index contributed by atoms with van der Waals surface area (Å²) in [7, 11) is 0. The zero-order valence-corrected chi connectivity index (χ0v) is 17.5. The van der Waals surface area contributed by atoms with E-state index in [2.05, 4.69) is 27.2 Å². The Morgan fingerprint density at radius 3 is 2.35 bits per heavy atom. The van der Waals surface area contributed by atoms with E-state index in [4.69, 9.17) is 18.9 Å². The Morgan fingerprint density at radius 1 is 0.806 bits per heavy atom. The second kappa shape index (κ2) is 9.03. The standard InChI is InChI=1S/C23H27N3O5/c27-23(24-18-3-5-19-22(13-18)29-11-1-10-28-19)15-26-8-6-25(7-9-26)14-17-2-4-20-21(12-17)31-16-30-20/h2-5,12-13H,1,6-11,14-16H2,(H,24,27). The molecule has 3 aliphatic rings. The summed E-state index contributed by atoms with van der Waals surface area (Å²) in [6.45, 7) is 6.39. The number of anilines is 1. The molecule has 0 bridgehead atoms. The predicted octanol–water partition coefficient (Wildman–Crippen LogP) is 2.33. The zero-order valence-electron chi connectivity index (χ0n) is 17.5. The number of piperazine rings is 1. The van der Waals surface area contributed by atoms with Gasteiger partial charge in [0.15, 0.2) is 23.0 Å². The van der Waals surface area contributed by atoms with Gasteiger partial charge in [-0.05, 0) is 29.8 Å². The Labute approximate surface area is 181 Å². The van der Waals surface area contributed by atoms with Gasteiger partial charge in [0.25, 0.3) is 0 Å². The molecule has 31 heavy (non-hydrogen) atoms. The third-order valence-electron chi connectivity index (χ3n) is 5.71. The highest BCUT2D eigenvalue weighted by atomic mass is 16.7. The van der Waals surface area contributed by atoms with Crippen molar-refractivity contribution < 1.29 is 23.7 Å². The molecule has 3 aliphatic heterocycles. The van der Waals surface area contributed by atoms with Crippen molar-refractivity contribution in [2.75, 3.05) is 58.0 Å². The Morgan fingerprint density at radius 2 is 1.48 bits per heavy atom. The van der Waals surface area contributed by atoms with E-state index in [1.807, 2.05) is 24.3 Å². The SMILES string of the molecule is O=C(CN1CCN(Cc2ccc3c(c2)OCO3)CC1)Nc1ccc2c(c1)OCCCO2. The third kappa shape index (κ3) is 4.86. The molecule has 8 heteroatoms. The average molecular weight is 425 g/mol. The van der Waals surface area contributed by atoms with Gasteiger partial charge in [-0.2, -0.15) is 0 Å². The van der Waals surface area contributed by atoms with Gasteiger partial charge in [0.05, 0.1) is 19.8 Å². The monoisotopic (exact) mass is 425 g/mol. The number of fused-ring (bicyclic) bond motifs is 2. The van der Waals surface area contributed by atoms with Crippen LogP contribution in [0.5, 0.6) is 23.0 Å². The van der Waals surface area contributed by atoms with Gasteiger partial charge >= 0.3 is 0 Å². The van der Waals surface area contributed by atoms with Crippen LogP contribution in [0, 0.1) is 0 Å². The topological polar surface area (TPSA) is 72.5 Å². The Bertz CT molecular complexity index is 943. The minimum Gasteiger partial charge on any atom is -0.490 e. The minimum atomic E-state index is -0.0151. The van der Waals surface area contributed by atoms with Crippen LogP contribution in [-0.2, 0) is 11.3 Å². The number of rotatable bonds is 5. The highest BCUT2D eigenvalue weighted by molar-refractivity contribution is 5.92. The molecule has 3 heterocycles. The summed E-state index contributed by atoms with van der Waals surface area (Å²) < 4.78 is 22.2. The lowest BCUT2D eigenvalue weighted by molar-refractivity contribution is -0.117. The fourth-order valence-electron chi connectivity index (χ4n) is 4.05. The van der Waals surface area contributed by atoms with Gasteiger partial charge in [-0.3, -0.25) is 14.6 Å². The van der Waals surface area contributed by atoms with Crippen LogP contribution >= 0.6 is 0 Å². The summed E-state index contributed by atoms with van der Waals surface area (Å²) in [4.78, 5) is 17.1. The second-order valence-corrected chi connectivity index (χ2v) is 8.00. The quantitative estimate of drug-likeness (QED) is 0.788. The molecule has 2 aromatic rings. The van der Waals surface area contributed by atoms with Gasteiger partial charge < -0.3 is 24.3 Å². The third-order valence-corrected chi connectivity index (χ3v) is 5.71. The van der Waals surface area contributed by atoms with Crippen LogP contribution in [0.4, 0.5) is 5.69 Å². The highest BCUT2D eigenvalue weighted by Gasteiger charge is 2.21. The first kappa shape index (κ1) is 20.0. The Balaban J connectivity index is 1.09. The van der Waals surface area contributed by atoms with Crippen LogP contribution in [0.3, 0.4) is 0 Å². The minimum absolute atomic E-state index is 0.0151. The fraction of sp³-hybridized carbons (Fsp3) is 0.435. The van der Waals surface area contributed by atoms with E-state index in [1.165, 1.54) is 5.56 Å². The second-order valence-electron chi connectivity index (χ2n) is 8.00. The number of amides is 1. The maximum absolute atomic E-state index is 12.5. The van der Waals surface area contributed by atoms with E-state index in [-0.39, 0.29) is 5.91 Å². The molecule has 0 aliphatic carbocycles. The molecule has 0 saturated carbocycles. The van der Waals surface area contributed by atoms with Gasteiger partial charge in [0.1, 0.15) is 0 Å². The summed E-state index contributed by atoms with van der Waals surface area (Å²) in [5.41, 5.74) is 1.94. The van der Waals surface area contributed by atoms with Crippen molar-refractivity contribution in [1.82, 2.24) is 9.80 Å². The first-order chi connectivity index (χ1) is 15.2. The molecule has 2 aromatic carbocycles. The van der Waals surface area contributed by atoms with Crippen molar-refractivity contribution in [3.8, 4) is 23.0 Å². The molecule has 5 rings (SSSR count). The molecule has 0 radical (unpaired) electrons. The first-order valence-electron chi connectivity index (χ1n) is 10.8. The maximum atomic E-state index is 12.5. The maximum Gasteiger partial charge on any atom is 0.238 e. The molecule has 0 unspecified atom stereocenters. The van der Waals surface area contributed by atoms with E-state index < -0.39 is 0 Å². The number of ether oxygens (including phenoxy) is 4. The number of nitrogens with one attached hydrogen (secondary N) is 1. The number of hydrogen-bond acceptors (Lipinski definition) is 7. The van der Waals surface area contributed by atoms with Crippen molar-refractivity contribution in [3.05, 3.63) is 42.0 Å². The predicted molar refractivity (Wildman–Crippen MR) is 115 cm³/mol. The molecule has 0 spiro atoms. The normalized spacial score (nSPS) is 18.5. The summed E-state index contributed by atoms with van der Waals surface area (Å²) in [6.07, 6.45) is 0.858. The molecule has 1 saturated heterocycles. The largest absolute Gasteiger partial charge is 0.490 e. The van der Waals surface area contributed by atoms with Crippen LogP contribution in [0.1, 0.15) is 12.0 Å². The molecule has 1 fully saturated rings. The number of carbonyl (C=O) groups excluding carboxylic acids is 1. The van der Waals surface area contributed by atoms with E-state index in [1.54, 1.807) is 0 Å². The number of nitrogens with zero attached hydrogens (tertiary/aromatic N) is 2. The molecular formula is C23H27N3O5. The Kier molecular flexibility index (Phi) is 5.82. The average Bonchev–Trinajstić information content (AvgIpc) is 3.11. The lowest BCUT2D eigenvalue weighted by Gasteiger charge is -2.34. The van der Waals surface area contributed by atoms with Crippen LogP contribution in [0.15, 0.2) is 36.4 Å². The van der Waals surface area contributed by atoms with Gasteiger partial charge in [-0.15, -0.1) is 0 Å². The molecule has 164 valence electrons. The van der Waals surface area contributed by atoms with Crippen molar-refractivity contribution >= 4 is 11.6 Å². The molecule has 0 aromatic heterocycles. The van der Waals surface area contributed by atoms with E-state index in [0.717, 1.165) is 62.1 Å². The summed E-state index contributed by atoms with van der Waals surface area (Å²) in [6, 6.07) is 11.7. The lowest BCUT2D eigenvalue weighted by atomic mass is 10.1. The molecule has 1 amide bonds. The number of carbonyl (C=O) groups is 1. The Hall–Kier alpha value is -2.97. The molecule has 0 atom stereocenters. The van der Waals surface area contributed by atoms with Crippen LogP contribution in [0.25, 0.3) is 0 Å². The molecule has 8 nitrogen and oxygen atoms in total. The van der Waals surface area contributed by atoms with Crippen molar-refractivity contribution in [2.45, 2.75) is 13.0 Å². The first-order valence-corrected chi connectivity index (χ1v) is 10.8. The summed E-state index contributed by atoms with van der Waals surface area (Å²) >= 11 is 0. The fourth-order valence-corrected chi connectivity index (χ4v) is 4.05. The zero-order chi connectivity index (χ0) is 21.0. The van der Waals surface area contributed by atoms with Gasteiger partial charge in [0, 0.05) is 50.9 Å². The molecule has 1 N–H and O–H groups in total.